The van der Waals surface area contributed by atoms with Crippen molar-refractivity contribution in [2.75, 3.05) is 6.54 Å². The number of rotatable bonds is 1. The number of hydrogen-bond donors (Lipinski definition) is 1. The van der Waals surface area contributed by atoms with Crippen LogP contribution in [0.15, 0.2) is 23.8 Å². The van der Waals surface area contributed by atoms with Gasteiger partial charge in [-0.25, -0.2) is 8.78 Å². The number of alkyl halides is 2. The molecule has 0 radical (unpaired) electrons. The van der Waals surface area contributed by atoms with E-state index < -0.39 is 12.3 Å². The van der Waals surface area contributed by atoms with Gasteiger partial charge in [0.1, 0.15) is 0 Å². The van der Waals surface area contributed by atoms with Crippen molar-refractivity contribution in [3.05, 3.63) is 23.8 Å². The molecular formula is C7H9F2N. The lowest BCUT2D eigenvalue weighted by Crippen LogP contribution is -2.17. The summed E-state index contributed by atoms with van der Waals surface area (Å²) >= 11 is 0. The van der Waals surface area contributed by atoms with Crippen molar-refractivity contribution in [3.8, 4) is 0 Å². The van der Waals surface area contributed by atoms with Crippen molar-refractivity contribution in [1.29, 1.82) is 0 Å². The molecule has 0 spiro atoms. The van der Waals surface area contributed by atoms with Gasteiger partial charge in [0.25, 0.3) is 0 Å². The highest BCUT2D eigenvalue weighted by atomic mass is 19.2. The summed E-state index contributed by atoms with van der Waals surface area (Å²) in [5.74, 6) is 0. The second kappa shape index (κ2) is 2.92. The Bertz CT molecular complexity index is 174. The van der Waals surface area contributed by atoms with Crippen molar-refractivity contribution in [2.24, 2.45) is 5.73 Å². The van der Waals surface area contributed by atoms with Gasteiger partial charge in [-0.1, -0.05) is 6.08 Å². The number of nitrogens with two attached hydrogens (primary N) is 1. The van der Waals surface area contributed by atoms with Crippen LogP contribution >= 0.6 is 0 Å². The summed E-state index contributed by atoms with van der Waals surface area (Å²) in [4.78, 5) is 0. The Morgan fingerprint density at radius 2 is 2.10 bits per heavy atom. The lowest BCUT2D eigenvalue weighted by molar-refractivity contribution is 0.244. The largest absolute Gasteiger partial charge is 0.327 e. The normalized spacial score (nSPS) is 32.1. The molecule has 0 saturated heterocycles. The Kier molecular flexibility index (Phi) is 2.17. The van der Waals surface area contributed by atoms with Crippen LogP contribution in [0.5, 0.6) is 0 Å². The molecule has 1 rings (SSSR count). The predicted octanol–water partition coefficient (Wildman–Crippen LogP) is 1.12. The zero-order chi connectivity index (χ0) is 7.56. The maximum atomic E-state index is 12.5. The lowest BCUT2D eigenvalue weighted by Gasteiger charge is -2.11. The SMILES string of the molecule is NCC1=CC(F)C(F)C=C1. The summed E-state index contributed by atoms with van der Waals surface area (Å²) in [6.45, 7) is 0.267. The second-order valence-electron chi connectivity index (χ2n) is 2.19. The fraction of sp³-hybridized carbons (Fsp3) is 0.429. The first-order valence-electron chi connectivity index (χ1n) is 3.11. The smallest absolute Gasteiger partial charge is 0.154 e. The predicted molar refractivity (Wildman–Crippen MR) is 36.1 cm³/mol. The highest BCUT2D eigenvalue weighted by molar-refractivity contribution is 5.28. The summed E-state index contributed by atoms with van der Waals surface area (Å²) in [5.41, 5.74) is 5.86. The molecule has 0 aromatic rings. The fourth-order valence-electron chi connectivity index (χ4n) is 0.810. The summed E-state index contributed by atoms with van der Waals surface area (Å²) in [6.07, 6.45) is 0.914. The van der Waals surface area contributed by atoms with Crippen molar-refractivity contribution in [1.82, 2.24) is 0 Å². The average Bonchev–Trinajstić information content (AvgIpc) is 1.95. The van der Waals surface area contributed by atoms with Gasteiger partial charge in [0.15, 0.2) is 12.3 Å². The number of hydrogen-bond acceptors (Lipinski definition) is 1. The van der Waals surface area contributed by atoms with Crippen LogP contribution in [-0.4, -0.2) is 18.9 Å². The Balaban J connectivity index is 2.66. The molecule has 1 nitrogen and oxygen atoms in total. The second-order valence-corrected chi connectivity index (χ2v) is 2.19. The van der Waals surface area contributed by atoms with Gasteiger partial charge in [-0.15, -0.1) is 0 Å². The molecule has 1 aliphatic rings. The molecule has 3 heteroatoms. The molecular weight excluding hydrogens is 136 g/mol. The molecule has 2 N–H and O–H groups in total. The summed E-state index contributed by atoms with van der Waals surface area (Å²) < 4.78 is 24.8. The highest BCUT2D eigenvalue weighted by Gasteiger charge is 2.18. The van der Waals surface area contributed by atoms with E-state index in [0.717, 1.165) is 0 Å². The molecule has 0 amide bonds. The van der Waals surface area contributed by atoms with Crippen LogP contribution in [0.1, 0.15) is 0 Å². The van der Waals surface area contributed by atoms with Gasteiger partial charge in [-0.05, 0) is 17.7 Å². The standard InChI is InChI=1S/C7H9F2N/c8-6-2-1-5(4-10)3-7(6)9/h1-3,6-7H,4,10H2. The van der Waals surface area contributed by atoms with E-state index in [9.17, 15) is 8.78 Å². The van der Waals surface area contributed by atoms with Gasteiger partial charge in [-0.3, -0.25) is 0 Å². The monoisotopic (exact) mass is 145 g/mol. The third-order valence-corrected chi connectivity index (χ3v) is 1.41. The van der Waals surface area contributed by atoms with E-state index in [0.29, 0.717) is 5.57 Å². The van der Waals surface area contributed by atoms with Crippen molar-refractivity contribution >= 4 is 0 Å². The van der Waals surface area contributed by atoms with Crippen LogP contribution in [0, 0.1) is 0 Å². The quantitative estimate of drug-likeness (QED) is 0.587. The van der Waals surface area contributed by atoms with Crippen LogP contribution in [0.3, 0.4) is 0 Å². The van der Waals surface area contributed by atoms with E-state index in [2.05, 4.69) is 0 Å². The lowest BCUT2D eigenvalue weighted by atomic mass is 10.0. The first-order valence-corrected chi connectivity index (χ1v) is 3.11. The zero-order valence-electron chi connectivity index (χ0n) is 5.43. The molecule has 10 heavy (non-hydrogen) atoms. The third-order valence-electron chi connectivity index (χ3n) is 1.41. The fourth-order valence-corrected chi connectivity index (χ4v) is 0.810. The van der Waals surface area contributed by atoms with E-state index >= 15 is 0 Å². The first-order chi connectivity index (χ1) is 4.74. The van der Waals surface area contributed by atoms with Gasteiger partial charge in [-0.2, -0.15) is 0 Å². The minimum Gasteiger partial charge on any atom is -0.327 e. The Morgan fingerprint density at radius 3 is 2.60 bits per heavy atom. The first kappa shape index (κ1) is 7.41. The number of halogens is 2. The average molecular weight is 145 g/mol. The van der Waals surface area contributed by atoms with E-state index in [1.807, 2.05) is 0 Å². The van der Waals surface area contributed by atoms with Crippen molar-refractivity contribution in [2.45, 2.75) is 12.3 Å². The third kappa shape index (κ3) is 1.42. The molecule has 2 unspecified atom stereocenters. The Hall–Kier alpha value is -0.700. The summed E-state index contributed by atoms with van der Waals surface area (Å²) in [6, 6.07) is 0. The molecule has 0 fully saturated rings. The minimum absolute atomic E-state index is 0.267. The van der Waals surface area contributed by atoms with Crippen LogP contribution in [0.25, 0.3) is 0 Å². The van der Waals surface area contributed by atoms with Crippen LogP contribution in [-0.2, 0) is 0 Å². The zero-order valence-corrected chi connectivity index (χ0v) is 5.43. The van der Waals surface area contributed by atoms with E-state index in [1.165, 1.54) is 18.2 Å². The van der Waals surface area contributed by atoms with Gasteiger partial charge < -0.3 is 5.73 Å². The van der Waals surface area contributed by atoms with Crippen molar-refractivity contribution in [3.63, 3.8) is 0 Å². The maximum absolute atomic E-state index is 12.5. The summed E-state index contributed by atoms with van der Waals surface area (Å²) in [5, 5.41) is 0. The summed E-state index contributed by atoms with van der Waals surface area (Å²) in [7, 11) is 0. The highest BCUT2D eigenvalue weighted by Crippen LogP contribution is 2.15. The van der Waals surface area contributed by atoms with E-state index in [1.54, 1.807) is 0 Å². The minimum atomic E-state index is -1.51. The maximum Gasteiger partial charge on any atom is 0.154 e. The molecule has 1 aliphatic carbocycles. The molecule has 0 aromatic heterocycles. The molecule has 0 aromatic carbocycles. The van der Waals surface area contributed by atoms with Crippen molar-refractivity contribution < 1.29 is 8.78 Å². The van der Waals surface area contributed by atoms with Crippen LogP contribution in [0.4, 0.5) is 8.78 Å². The Morgan fingerprint density at radius 1 is 1.40 bits per heavy atom. The molecule has 0 bridgehead atoms. The molecule has 2 atom stereocenters. The van der Waals surface area contributed by atoms with Gasteiger partial charge in [0.2, 0.25) is 0 Å². The Labute approximate surface area is 58.2 Å². The van der Waals surface area contributed by atoms with Gasteiger partial charge >= 0.3 is 0 Å². The topological polar surface area (TPSA) is 26.0 Å². The van der Waals surface area contributed by atoms with Gasteiger partial charge in [0, 0.05) is 6.54 Å². The number of allylic oxidation sites excluding steroid dienone is 2. The van der Waals surface area contributed by atoms with Crippen LogP contribution in [0.2, 0.25) is 0 Å². The van der Waals surface area contributed by atoms with E-state index in [4.69, 9.17) is 5.73 Å². The molecule has 0 heterocycles. The molecule has 0 saturated carbocycles. The molecule has 56 valence electrons. The van der Waals surface area contributed by atoms with Crippen LogP contribution < -0.4 is 5.73 Å². The molecule has 0 aliphatic heterocycles. The van der Waals surface area contributed by atoms with Gasteiger partial charge in [0.05, 0.1) is 0 Å². The van der Waals surface area contributed by atoms with E-state index in [-0.39, 0.29) is 6.54 Å².